The first-order valence-corrected chi connectivity index (χ1v) is 7.43. The molecule has 1 fully saturated rings. The van der Waals surface area contributed by atoms with Gasteiger partial charge in [-0.2, -0.15) is 8.78 Å². The Balaban J connectivity index is 1.85. The molecule has 1 saturated heterocycles. The van der Waals surface area contributed by atoms with Crippen molar-refractivity contribution in [2.75, 3.05) is 19.8 Å². The number of halogens is 2. The molecule has 112 valence electrons. The van der Waals surface area contributed by atoms with Crippen LogP contribution in [0.3, 0.4) is 0 Å². The fourth-order valence-electron chi connectivity index (χ4n) is 2.17. The van der Waals surface area contributed by atoms with Crippen LogP contribution in [0.2, 0.25) is 0 Å². The highest BCUT2D eigenvalue weighted by Crippen LogP contribution is 2.33. The SMILES string of the molecule is FC(F)Oc1ccccc1-c1csc(C2COCCN2)n1. The van der Waals surface area contributed by atoms with Crippen molar-refractivity contribution in [2.45, 2.75) is 12.7 Å². The number of morpholine rings is 1. The fraction of sp³-hybridized carbons (Fsp3) is 0.357. The van der Waals surface area contributed by atoms with Gasteiger partial charge in [-0.25, -0.2) is 4.98 Å². The largest absolute Gasteiger partial charge is 0.434 e. The van der Waals surface area contributed by atoms with Crippen LogP contribution in [0.4, 0.5) is 8.78 Å². The van der Waals surface area contributed by atoms with Gasteiger partial charge in [-0.05, 0) is 12.1 Å². The van der Waals surface area contributed by atoms with E-state index in [1.807, 2.05) is 5.38 Å². The molecule has 1 unspecified atom stereocenters. The Morgan fingerprint density at radius 1 is 1.38 bits per heavy atom. The van der Waals surface area contributed by atoms with E-state index in [0.717, 1.165) is 11.6 Å². The van der Waals surface area contributed by atoms with Gasteiger partial charge in [0.15, 0.2) is 0 Å². The number of hydrogen-bond donors (Lipinski definition) is 1. The number of alkyl halides is 2. The van der Waals surface area contributed by atoms with Gasteiger partial charge in [-0.3, -0.25) is 0 Å². The number of rotatable bonds is 4. The normalized spacial score (nSPS) is 18.9. The Labute approximate surface area is 124 Å². The molecule has 1 N–H and O–H groups in total. The van der Waals surface area contributed by atoms with E-state index in [2.05, 4.69) is 15.0 Å². The molecule has 2 heterocycles. The predicted molar refractivity (Wildman–Crippen MR) is 75.7 cm³/mol. The standard InChI is InChI=1S/C14H14F2N2O2S/c15-14(16)20-12-4-2-1-3-9(12)11-8-21-13(18-11)10-7-19-6-5-17-10/h1-4,8,10,14,17H,5-7H2. The molecular formula is C14H14F2N2O2S. The van der Waals surface area contributed by atoms with Crippen LogP contribution in [0.5, 0.6) is 5.75 Å². The third-order valence-electron chi connectivity index (χ3n) is 3.12. The number of thiazole rings is 1. The van der Waals surface area contributed by atoms with Crippen molar-refractivity contribution in [3.8, 4) is 17.0 Å². The number of para-hydroxylation sites is 1. The molecule has 0 radical (unpaired) electrons. The van der Waals surface area contributed by atoms with Crippen LogP contribution in [0.25, 0.3) is 11.3 Å². The lowest BCUT2D eigenvalue weighted by molar-refractivity contribution is -0.0494. The summed E-state index contributed by atoms with van der Waals surface area (Å²) in [5.41, 5.74) is 1.20. The third-order valence-corrected chi connectivity index (χ3v) is 4.08. The first kappa shape index (κ1) is 14.4. The van der Waals surface area contributed by atoms with Gasteiger partial charge in [-0.15, -0.1) is 11.3 Å². The molecule has 1 aliphatic heterocycles. The van der Waals surface area contributed by atoms with Crippen LogP contribution < -0.4 is 10.1 Å². The summed E-state index contributed by atoms with van der Waals surface area (Å²) in [7, 11) is 0. The van der Waals surface area contributed by atoms with Crippen LogP contribution >= 0.6 is 11.3 Å². The highest BCUT2D eigenvalue weighted by molar-refractivity contribution is 7.10. The minimum atomic E-state index is -2.85. The van der Waals surface area contributed by atoms with E-state index in [1.54, 1.807) is 18.2 Å². The Bertz CT molecular complexity index is 600. The molecule has 4 nitrogen and oxygen atoms in total. The lowest BCUT2D eigenvalue weighted by Crippen LogP contribution is -2.34. The van der Waals surface area contributed by atoms with Crippen LogP contribution in [-0.2, 0) is 4.74 Å². The molecule has 0 saturated carbocycles. The zero-order valence-electron chi connectivity index (χ0n) is 11.1. The van der Waals surface area contributed by atoms with Crippen molar-refractivity contribution in [2.24, 2.45) is 0 Å². The Hall–Kier alpha value is -1.57. The Kier molecular flexibility index (Phi) is 4.42. The van der Waals surface area contributed by atoms with Crippen LogP contribution in [-0.4, -0.2) is 31.4 Å². The number of ether oxygens (including phenoxy) is 2. The van der Waals surface area contributed by atoms with Gasteiger partial charge in [0.2, 0.25) is 0 Å². The van der Waals surface area contributed by atoms with E-state index in [1.165, 1.54) is 17.4 Å². The average Bonchev–Trinajstić information content (AvgIpc) is 2.98. The molecule has 0 amide bonds. The van der Waals surface area contributed by atoms with Gasteiger partial charge in [0.05, 0.1) is 24.9 Å². The summed E-state index contributed by atoms with van der Waals surface area (Å²) in [6, 6.07) is 6.73. The second-order valence-electron chi connectivity index (χ2n) is 4.53. The number of benzene rings is 1. The fourth-order valence-corrected chi connectivity index (χ4v) is 3.05. The minimum Gasteiger partial charge on any atom is -0.434 e. The maximum absolute atomic E-state index is 12.4. The van der Waals surface area contributed by atoms with E-state index in [9.17, 15) is 8.78 Å². The van der Waals surface area contributed by atoms with Crippen LogP contribution in [0, 0.1) is 0 Å². The Morgan fingerprint density at radius 2 is 2.24 bits per heavy atom. The van der Waals surface area contributed by atoms with E-state index in [4.69, 9.17) is 4.74 Å². The molecule has 2 aromatic rings. The van der Waals surface area contributed by atoms with Crippen molar-refractivity contribution >= 4 is 11.3 Å². The summed E-state index contributed by atoms with van der Waals surface area (Å²) in [6.07, 6.45) is 0. The van der Waals surface area contributed by atoms with Gasteiger partial charge in [0, 0.05) is 17.5 Å². The van der Waals surface area contributed by atoms with Gasteiger partial charge in [-0.1, -0.05) is 12.1 Å². The smallest absolute Gasteiger partial charge is 0.387 e. The quantitative estimate of drug-likeness (QED) is 0.942. The monoisotopic (exact) mass is 312 g/mol. The summed E-state index contributed by atoms with van der Waals surface area (Å²) < 4.78 is 34.8. The van der Waals surface area contributed by atoms with Crippen molar-refractivity contribution in [3.05, 3.63) is 34.7 Å². The second-order valence-corrected chi connectivity index (χ2v) is 5.42. The summed E-state index contributed by atoms with van der Waals surface area (Å²) >= 11 is 1.48. The van der Waals surface area contributed by atoms with Gasteiger partial charge in [0.25, 0.3) is 0 Å². The molecule has 0 bridgehead atoms. The summed E-state index contributed by atoms with van der Waals surface area (Å²) in [5, 5.41) is 6.05. The first-order chi connectivity index (χ1) is 10.2. The zero-order valence-corrected chi connectivity index (χ0v) is 11.9. The van der Waals surface area contributed by atoms with Gasteiger partial charge in [0.1, 0.15) is 10.8 Å². The van der Waals surface area contributed by atoms with E-state index in [-0.39, 0.29) is 11.8 Å². The third kappa shape index (κ3) is 3.37. The van der Waals surface area contributed by atoms with Crippen molar-refractivity contribution < 1.29 is 18.3 Å². The number of nitrogens with zero attached hydrogens (tertiary/aromatic N) is 1. The number of aromatic nitrogens is 1. The lowest BCUT2D eigenvalue weighted by atomic mass is 10.1. The van der Waals surface area contributed by atoms with Gasteiger partial charge >= 0.3 is 6.61 Å². The highest BCUT2D eigenvalue weighted by Gasteiger charge is 2.20. The van der Waals surface area contributed by atoms with Crippen molar-refractivity contribution in [3.63, 3.8) is 0 Å². The molecule has 0 spiro atoms. The average molecular weight is 312 g/mol. The molecule has 7 heteroatoms. The second kappa shape index (κ2) is 6.46. The molecular weight excluding hydrogens is 298 g/mol. The van der Waals surface area contributed by atoms with Crippen molar-refractivity contribution in [1.29, 1.82) is 0 Å². The van der Waals surface area contributed by atoms with E-state index in [0.29, 0.717) is 24.5 Å². The molecule has 21 heavy (non-hydrogen) atoms. The molecule has 1 atom stereocenters. The first-order valence-electron chi connectivity index (χ1n) is 6.55. The zero-order chi connectivity index (χ0) is 14.7. The van der Waals surface area contributed by atoms with Crippen LogP contribution in [0.1, 0.15) is 11.0 Å². The van der Waals surface area contributed by atoms with Crippen LogP contribution in [0.15, 0.2) is 29.6 Å². The molecule has 0 aliphatic carbocycles. The maximum atomic E-state index is 12.4. The molecule has 1 aliphatic rings. The van der Waals surface area contributed by atoms with E-state index < -0.39 is 6.61 Å². The van der Waals surface area contributed by atoms with Gasteiger partial charge < -0.3 is 14.8 Å². The lowest BCUT2D eigenvalue weighted by Gasteiger charge is -2.21. The summed E-state index contributed by atoms with van der Waals surface area (Å²) in [4.78, 5) is 4.52. The summed E-state index contributed by atoms with van der Waals surface area (Å²) in [5.74, 6) is 0.136. The molecule has 1 aromatic heterocycles. The molecule has 3 rings (SSSR count). The maximum Gasteiger partial charge on any atom is 0.387 e. The Morgan fingerprint density at radius 3 is 3.00 bits per heavy atom. The number of hydrogen-bond acceptors (Lipinski definition) is 5. The highest BCUT2D eigenvalue weighted by atomic mass is 32.1. The van der Waals surface area contributed by atoms with Crippen molar-refractivity contribution in [1.82, 2.24) is 10.3 Å². The topological polar surface area (TPSA) is 43.4 Å². The minimum absolute atomic E-state index is 0.0562. The summed E-state index contributed by atoms with van der Waals surface area (Å²) in [6.45, 7) is -0.801. The number of nitrogens with one attached hydrogen (secondary N) is 1. The predicted octanol–water partition coefficient (Wildman–Crippen LogP) is 3.07. The molecule has 1 aromatic carbocycles. The van der Waals surface area contributed by atoms with E-state index >= 15 is 0 Å².